The van der Waals surface area contributed by atoms with Crippen LogP contribution in [-0.4, -0.2) is 27.0 Å². The summed E-state index contributed by atoms with van der Waals surface area (Å²) in [5.41, 5.74) is 5.44. The molecule has 1 amide bonds. The Labute approximate surface area is 203 Å². The van der Waals surface area contributed by atoms with E-state index in [0.717, 1.165) is 43.7 Å². The van der Waals surface area contributed by atoms with E-state index in [2.05, 4.69) is 39.1 Å². The number of aromatic nitrogens is 2. The van der Waals surface area contributed by atoms with Crippen molar-refractivity contribution >= 4 is 11.9 Å². The maximum atomic E-state index is 13.2. The summed E-state index contributed by atoms with van der Waals surface area (Å²) in [4.78, 5) is 36.3. The van der Waals surface area contributed by atoms with Crippen LogP contribution >= 0.6 is 0 Å². The minimum atomic E-state index is -0.794. The minimum Gasteiger partial charge on any atom is -0.504 e. The van der Waals surface area contributed by atoms with E-state index in [1.54, 1.807) is 19.1 Å². The average molecular weight is 478 g/mol. The molecule has 2 N–H and O–H groups in total. The highest BCUT2D eigenvalue weighted by atomic mass is 19.1. The van der Waals surface area contributed by atoms with Crippen molar-refractivity contribution in [2.24, 2.45) is 5.92 Å². The fraction of sp³-hybridized carbons (Fsp3) is 0.333. The molecule has 1 fully saturated rings. The zero-order valence-electron chi connectivity index (χ0n) is 19.8. The van der Waals surface area contributed by atoms with E-state index >= 15 is 0 Å². The van der Waals surface area contributed by atoms with E-state index in [4.69, 9.17) is 0 Å². The summed E-state index contributed by atoms with van der Waals surface area (Å²) in [6.45, 7) is 2.77. The molecule has 0 atom stereocenters. The van der Waals surface area contributed by atoms with Gasteiger partial charge in [0.25, 0.3) is 0 Å². The predicted octanol–water partition coefficient (Wildman–Crippen LogP) is 5.02. The number of rotatable bonds is 5. The first kappa shape index (κ1) is 24.3. The molecule has 0 bridgehead atoms. The summed E-state index contributed by atoms with van der Waals surface area (Å²) in [5.74, 6) is -0.704. The maximum Gasteiger partial charge on any atom is 0.329 e. The highest BCUT2D eigenvalue weighted by molar-refractivity contribution is 5.94. The van der Waals surface area contributed by atoms with Gasteiger partial charge in [0.1, 0.15) is 11.6 Å². The lowest BCUT2D eigenvalue weighted by Crippen LogP contribution is -2.27. The summed E-state index contributed by atoms with van der Waals surface area (Å²) >= 11 is 0. The van der Waals surface area contributed by atoms with Gasteiger partial charge in [0.05, 0.1) is 5.69 Å². The van der Waals surface area contributed by atoms with Crippen molar-refractivity contribution in [1.82, 2.24) is 15.4 Å². The van der Waals surface area contributed by atoms with E-state index < -0.39 is 11.9 Å². The molecular formula is C27H28FN3O4. The third-order valence-corrected chi connectivity index (χ3v) is 6.48. The zero-order chi connectivity index (χ0) is 24.9. The molecule has 0 unspecified atom stereocenters. The van der Waals surface area contributed by atoms with E-state index in [1.807, 2.05) is 5.48 Å². The van der Waals surface area contributed by atoms with E-state index in [-0.39, 0.29) is 17.3 Å². The molecule has 1 aliphatic carbocycles. The summed E-state index contributed by atoms with van der Waals surface area (Å²) in [7, 11) is 0. The van der Waals surface area contributed by atoms with Crippen LogP contribution in [0.3, 0.4) is 0 Å². The lowest BCUT2D eigenvalue weighted by atomic mass is 9.77. The van der Waals surface area contributed by atoms with Crippen molar-refractivity contribution in [2.45, 2.75) is 51.9 Å². The van der Waals surface area contributed by atoms with Gasteiger partial charge in [0.2, 0.25) is 0 Å². The van der Waals surface area contributed by atoms with Crippen molar-refractivity contribution in [3.05, 3.63) is 77.1 Å². The summed E-state index contributed by atoms with van der Waals surface area (Å²) in [5, 5.41) is 10.2. The lowest BCUT2D eigenvalue weighted by Gasteiger charge is -2.28. The third kappa shape index (κ3) is 6.01. The summed E-state index contributed by atoms with van der Waals surface area (Å²) in [6, 6.07) is 15.0. The second kappa shape index (κ2) is 10.6. The third-order valence-electron chi connectivity index (χ3n) is 6.48. The van der Waals surface area contributed by atoms with E-state index in [0.29, 0.717) is 29.8 Å². The molecular weight excluding hydrogens is 449 g/mol. The van der Waals surface area contributed by atoms with Gasteiger partial charge in [0.15, 0.2) is 11.4 Å². The number of benzene rings is 2. The van der Waals surface area contributed by atoms with Crippen LogP contribution in [0, 0.1) is 18.7 Å². The molecule has 3 aromatic rings. The van der Waals surface area contributed by atoms with Crippen LogP contribution in [-0.2, 0) is 16.1 Å². The first-order valence-electron chi connectivity index (χ1n) is 11.7. The van der Waals surface area contributed by atoms with Crippen LogP contribution in [0.4, 0.5) is 4.39 Å². The number of hydroxylamine groups is 1. The number of amides is 1. The smallest absolute Gasteiger partial charge is 0.329 e. The second-order valence-electron chi connectivity index (χ2n) is 9.00. The molecule has 0 radical (unpaired) electrons. The average Bonchev–Trinajstić information content (AvgIpc) is 2.86. The quantitative estimate of drug-likeness (QED) is 0.501. The normalized spacial score (nSPS) is 17.6. The largest absolute Gasteiger partial charge is 0.504 e. The number of carbonyl (C=O) groups excluding carboxylic acids is 2. The van der Waals surface area contributed by atoms with Gasteiger partial charge in [0, 0.05) is 13.3 Å². The Morgan fingerprint density at radius 3 is 2.20 bits per heavy atom. The molecule has 1 aliphatic rings. The molecule has 1 heterocycles. The topological polar surface area (TPSA) is 101 Å². The molecule has 1 saturated carbocycles. The van der Waals surface area contributed by atoms with E-state index in [1.165, 1.54) is 17.7 Å². The molecule has 0 aliphatic heterocycles. The van der Waals surface area contributed by atoms with Crippen LogP contribution in [0.5, 0.6) is 5.75 Å². The molecule has 7 nitrogen and oxygen atoms in total. The monoisotopic (exact) mass is 477 g/mol. The lowest BCUT2D eigenvalue weighted by molar-refractivity contribution is -0.146. The molecule has 4 rings (SSSR count). The second-order valence-corrected chi connectivity index (χ2v) is 9.00. The Bertz CT molecular complexity index is 1200. The van der Waals surface area contributed by atoms with Gasteiger partial charge >= 0.3 is 11.9 Å². The highest BCUT2D eigenvalue weighted by Crippen LogP contribution is 2.37. The Morgan fingerprint density at radius 2 is 1.60 bits per heavy atom. The first-order valence-corrected chi connectivity index (χ1v) is 11.7. The van der Waals surface area contributed by atoms with Crippen LogP contribution in [0.25, 0.3) is 11.1 Å². The predicted molar refractivity (Wildman–Crippen MR) is 128 cm³/mol. The van der Waals surface area contributed by atoms with Gasteiger partial charge in [-0.15, -0.1) is 0 Å². The Morgan fingerprint density at radius 1 is 1.00 bits per heavy atom. The minimum absolute atomic E-state index is 0.205. The highest BCUT2D eigenvalue weighted by Gasteiger charge is 2.25. The summed E-state index contributed by atoms with van der Waals surface area (Å²) < 4.78 is 13.2. The van der Waals surface area contributed by atoms with Gasteiger partial charge in [-0.3, -0.25) is 9.59 Å². The van der Waals surface area contributed by atoms with Crippen molar-refractivity contribution in [3.8, 4) is 16.9 Å². The number of aromatic hydroxyl groups is 1. The number of halogens is 1. The van der Waals surface area contributed by atoms with Crippen molar-refractivity contribution in [2.75, 3.05) is 0 Å². The van der Waals surface area contributed by atoms with Crippen molar-refractivity contribution in [3.63, 3.8) is 0 Å². The number of aryl methyl sites for hydroxylation is 1. The Hall–Kier alpha value is -3.81. The van der Waals surface area contributed by atoms with Crippen molar-refractivity contribution < 1.29 is 23.9 Å². The first-order chi connectivity index (χ1) is 16.8. The number of nitrogens with zero attached hydrogens (tertiary/aromatic N) is 2. The van der Waals surface area contributed by atoms with E-state index in [9.17, 15) is 19.1 Å². The van der Waals surface area contributed by atoms with Crippen LogP contribution in [0.2, 0.25) is 0 Å². The number of hydrogen-bond donors (Lipinski definition) is 2. The van der Waals surface area contributed by atoms with Gasteiger partial charge < -0.3 is 9.94 Å². The molecule has 0 spiro atoms. The van der Waals surface area contributed by atoms with Gasteiger partial charge in [-0.05, 0) is 73.3 Å². The molecule has 2 aromatic carbocycles. The van der Waals surface area contributed by atoms with Crippen LogP contribution < -0.4 is 5.48 Å². The Kier molecular flexibility index (Phi) is 7.39. The number of nitrogens with one attached hydrogen (secondary N) is 1. The van der Waals surface area contributed by atoms with Crippen molar-refractivity contribution in [1.29, 1.82) is 0 Å². The standard InChI is InChI=1S/C27H28FN3O4/c1-16-26(33)25(27(34)31-35-17(2)32)30-24(29-16)15-18-3-5-19(6-4-18)20-7-9-21(10-8-20)22-11-13-23(28)14-12-22/h7-14,18-19,33H,3-6,15H2,1-2H3,(H,31,34). The molecule has 35 heavy (non-hydrogen) atoms. The van der Waals surface area contributed by atoms with Gasteiger partial charge in [-0.2, -0.15) is 5.48 Å². The maximum absolute atomic E-state index is 13.2. The molecule has 1 aromatic heterocycles. The summed E-state index contributed by atoms with van der Waals surface area (Å²) in [6.07, 6.45) is 4.69. The van der Waals surface area contributed by atoms with Crippen LogP contribution in [0.1, 0.15) is 66.1 Å². The number of hydrogen-bond acceptors (Lipinski definition) is 6. The molecule has 0 saturated heterocycles. The van der Waals surface area contributed by atoms with Crippen LogP contribution in [0.15, 0.2) is 48.5 Å². The molecule has 182 valence electrons. The number of carbonyl (C=O) groups is 2. The fourth-order valence-corrected chi connectivity index (χ4v) is 4.59. The van der Waals surface area contributed by atoms with Gasteiger partial charge in [-0.25, -0.2) is 14.4 Å². The zero-order valence-corrected chi connectivity index (χ0v) is 19.8. The SMILES string of the molecule is CC(=O)ONC(=O)c1nc(CC2CCC(c3ccc(-c4ccc(F)cc4)cc3)CC2)nc(C)c1O. The molecule has 8 heteroatoms. The fourth-order valence-electron chi connectivity index (χ4n) is 4.59. The van der Waals surface area contributed by atoms with Gasteiger partial charge in [-0.1, -0.05) is 36.4 Å². The Balaban J connectivity index is 1.36.